The van der Waals surface area contributed by atoms with Crippen molar-refractivity contribution in [2.75, 3.05) is 14.1 Å². The third kappa shape index (κ3) is 4.33. The maximum atomic E-state index is 3.94. The Labute approximate surface area is 98.8 Å². The molecule has 0 spiro atoms. The Bertz CT molecular complexity index is 392. The summed E-state index contributed by atoms with van der Waals surface area (Å²) < 4.78 is 0. The van der Waals surface area contributed by atoms with Crippen molar-refractivity contribution in [2.24, 2.45) is 0 Å². The maximum absolute atomic E-state index is 3.94. The molecule has 0 aliphatic heterocycles. The number of hydrogen-bond acceptors (Lipinski definition) is 1. The monoisotopic (exact) mass is 213 g/mol. The Balaban J connectivity index is 2.76. The molecule has 0 aliphatic rings. The Morgan fingerprint density at radius 3 is 2.44 bits per heavy atom. The van der Waals surface area contributed by atoms with Crippen LogP contribution in [0.15, 0.2) is 42.5 Å². The van der Waals surface area contributed by atoms with Crippen LogP contribution in [-0.2, 0) is 0 Å². The van der Waals surface area contributed by atoms with Crippen LogP contribution in [0, 0.1) is 11.8 Å². The Morgan fingerprint density at radius 1 is 1.31 bits per heavy atom. The highest BCUT2D eigenvalue weighted by molar-refractivity contribution is 5.35. The summed E-state index contributed by atoms with van der Waals surface area (Å²) in [5.41, 5.74) is 2.23. The van der Waals surface area contributed by atoms with E-state index in [-0.39, 0.29) is 6.04 Å². The van der Waals surface area contributed by atoms with Crippen molar-refractivity contribution >= 4 is 0 Å². The van der Waals surface area contributed by atoms with E-state index in [0.717, 1.165) is 12.0 Å². The lowest BCUT2D eigenvalue weighted by molar-refractivity contribution is 0.351. The van der Waals surface area contributed by atoms with Crippen LogP contribution >= 0.6 is 0 Å². The Morgan fingerprint density at radius 2 is 1.94 bits per heavy atom. The molecule has 0 aliphatic carbocycles. The van der Waals surface area contributed by atoms with Gasteiger partial charge in [0.2, 0.25) is 0 Å². The van der Waals surface area contributed by atoms with E-state index in [0.29, 0.717) is 0 Å². The van der Waals surface area contributed by atoms with Gasteiger partial charge in [0, 0.05) is 5.56 Å². The summed E-state index contributed by atoms with van der Waals surface area (Å²) in [4.78, 5) is 2.13. The molecule has 1 nitrogen and oxygen atoms in total. The highest BCUT2D eigenvalue weighted by Gasteiger charge is 2.07. The van der Waals surface area contributed by atoms with Gasteiger partial charge in [0.05, 0.1) is 6.04 Å². The van der Waals surface area contributed by atoms with E-state index in [1.54, 1.807) is 0 Å². The first-order chi connectivity index (χ1) is 7.59. The smallest absolute Gasteiger partial charge is 0.0750 e. The van der Waals surface area contributed by atoms with Crippen molar-refractivity contribution < 1.29 is 0 Å². The fourth-order valence-electron chi connectivity index (χ4n) is 1.38. The van der Waals surface area contributed by atoms with Crippen molar-refractivity contribution in [3.05, 3.63) is 48.0 Å². The molecule has 1 aromatic rings. The fraction of sp³-hybridized carbons (Fsp3) is 0.333. The van der Waals surface area contributed by atoms with E-state index >= 15 is 0 Å². The van der Waals surface area contributed by atoms with E-state index in [1.807, 2.05) is 51.4 Å². The number of nitrogens with zero attached hydrogens (tertiary/aromatic N) is 1. The van der Waals surface area contributed by atoms with Gasteiger partial charge < -0.3 is 0 Å². The van der Waals surface area contributed by atoms with Crippen LogP contribution in [0.2, 0.25) is 0 Å². The Kier molecular flexibility index (Phi) is 4.82. The van der Waals surface area contributed by atoms with Gasteiger partial charge in [0.1, 0.15) is 0 Å². The number of benzene rings is 1. The van der Waals surface area contributed by atoms with E-state index in [1.165, 1.54) is 5.57 Å². The quantitative estimate of drug-likeness (QED) is 0.551. The summed E-state index contributed by atoms with van der Waals surface area (Å²) in [7, 11) is 4.10. The van der Waals surface area contributed by atoms with Crippen molar-refractivity contribution in [3.8, 4) is 11.8 Å². The van der Waals surface area contributed by atoms with Gasteiger partial charge in [-0.1, -0.05) is 35.6 Å². The zero-order valence-electron chi connectivity index (χ0n) is 10.3. The van der Waals surface area contributed by atoms with Crippen LogP contribution in [0.1, 0.15) is 18.9 Å². The van der Waals surface area contributed by atoms with Crippen LogP contribution in [0.3, 0.4) is 0 Å². The first-order valence-electron chi connectivity index (χ1n) is 5.47. The fourth-order valence-corrected chi connectivity index (χ4v) is 1.38. The summed E-state index contributed by atoms with van der Waals surface area (Å²) >= 11 is 0. The second-order valence-corrected chi connectivity index (χ2v) is 4.28. The van der Waals surface area contributed by atoms with Gasteiger partial charge >= 0.3 is 0 Å². The van der Waals surface area contributed by atoms with Crippen LogP contribution in [0.25, 0.3) is 0 Å². The lowest BCUT2D eigenvalue weighted by Crippen LogP contribution is -2.26. The average Bonchev–Trinajstić information content (AvgIpc) is 2.25. The first kappa shape index (κ1) is 12.5. The second-order valence-electron chi connectivity index (χ2n) is 4.28. The highest BCUT2D eigenvalue weighted by Crippen LogP contribution is 2.06. The molecule has 0 N–H and O–H groups in total. The van der Waals surface area contributed by atoms with Crippen molar-refractivity contribution in [1.29, 1.82) is 0 Å². The molecule has 16 heavy (non-hydrogen) atoms. The third-order valence-corrected chi connectivity index (χ3v) is 2.32. The summed E-state index contributed by atoms with van der Waals surface area (Å²) in [5, 5.41) is 0. The third-order valence-electron chi connectivity index (χ3n) is 2.32. The molecule has 0 saturated heterocycles. The van der Waals surface area contributed by atoms with Gasteiger partial charge in [0.15, 0.2) is 0 Å². The molecule has 0 aromatic heterocycles. The first-order valence-corrected chi connectivity index (χ1v) is 5.47. The number of hydrogen-bond donors (Lipinski definition) is 0. The van der Waals surface area contributed by atoms with Gasteiger partial charge in [-0.05, 0) is 39.6 Å². The van der Waals surface area contributed by atoms with Crippen LogP contribution in [-0.4, -0.2) is 25.0 Å². The Hall–Kier alpha value is -1.52. The van der Waals surface area contributed by atoms with E-state index in [9.17, 15) is 0 Å². The molecule has 1 aromatic carbocycles. The van der Waals surface area contributed by atoms with E-state index in [4.69, 9.17) is 0 Å². The highest BCUT2D eigenvalue weighted by atomic mass is 15.1. The normalized spacial score (nSPS) is 11.8. The molecule has 0 bridgehead atoms. The van der Waals surface area contributed by atoms with Crippen molar-refractivity contribution in [1.82, 2.24) is 4.90 Å². The standard InChI is InChI=1S/C15H19N/c1-13(2)12-15(16(3)4)11-10-14-8-6-5-7-9-14/h5-9,15H,1,12H2,2-4H3. The van der Waals surface area contributed by atoms with E-state index < -0.39 is 0 Å². The minimum absolute atomic E-state index is 0.248. The largest absolute Gasteiger partial charge is 0.296 e. The zero-order valence-corrected chi connectivity index (χ0v) is 10.3. The van der Waals surface area contributed by atoms with Gasteiger partial charge in [-0.25, -0.2) is 0 Å². The second kappa shape index (κ2) is 6.15. The molecule has 84 valence electrons. The topological polar surface area (TPSA) is 3.24 Å². The summed E-state index contributed by atoms with van der Waals surface area (Å²) in [6, 6.07) is 10.3. The molecule has 0 heterocycles. The van der Waals surface area contributed by atoms with Crippen LogP contribution in [0.5, 0.6) is 0 Å². The molecule has 1 atom stereocenters. The molecule has 0 saturated carbocycles. The van der Waals surface area contributed by atoms with Crippen LogP contribution < -0.4 is 0 Å². The molecule has 0 radical (unpaired) electrons. The molecule has 1 heteroatoms. The molecule has 0 fully saturated rings. The zero-order chi connectivity index (χ0) is 12.0. The predicted octanol–water partition coefficient (Wildman–Crippen LogP) is 2.93. The van der Waals surface area contributed by atoms with Gasteiger partial charge in [-0.15, -0.1) is 6.58 Å². The van der Waals surface area contributed by atoms with Gasteiger partial charge in [0.25, 0.3) is 0 Å². The van der Waals surface area contributed by atoms with Crippen molar-refractivity contribution in [3.63, 3.8) is 0 Å². The minimum atomic E-state index is 0.248. The van der Waals surface area contributed by atoms with Gasteiger partial charge in [-0.3, -0.25) is 4.90 Å². The molecule has 0 amide bonds. The maximum Gasteiger partial charge on any atom is 0.0750 e. The lowest BCUT2D eigenvalue weighted by Gasteiger charge is -2.18. The van der Waals surface area contributed by atoms with Crippen molar-refractivity contribution in [2.45, 2.75) is 19.4 Å². The summed E-state index contributed by atoms with van der Waals surface area (Å²) in [6.45, 7) is 5.98. The molecular formula is C15H19N. The number of rotatable bonds is 3. The predicted molar refractivity (Wildman–Crippen MR) is 70.2 cm³/mol. The molecule has 1 unspecified atom stereocenters. The molecule has 1 rings (SSSR count). The summed E-state index contributed by atoms with van der Waals surface area (Å²) in [5.74, 6) is 6.48. The molecular weight excluding hydrogens is 194 g/mol. The van der Waals surface area contributed by atoms with E-state index in [2.05, 4.69) is 23.3 Å². The summed E-state index contributed by atoms with van der Waals surface area (Å²) in [6.07, 6.45) is 0.923. The minimum Gasteiger partial charge on any atom is -0.296 e. The lowest BCUT2D eigenvalue weighted by atomic mass is 10.1. The van der Waals surface area contributed by atoms with Gasteiger partial charge in [-0.2, -0.15) is 0 Å². The SMILES string of the molecule is C=C(C)CC(C#Cc1ccccc1)N(C)C. The van der Waals surface area contributed by atoms with Crippen LogP contribution in [0.4, 0.5) is 0 Å². The average molecular weight is 213 g/mol.